The van der Waals surface area contributed by atoms with Gasteiger partial charge in [-0.15, -0.1) is 0 Å². The molecule has 0 fully saturated rings. The summed E-state index contributed by atoms with van der Waals surface area (Å²) in [4.78, 5) is 8.60. The monoisotopic (exact) mass is 209 g/mol. The Hall–Kier alpha value is -1.16. The van der Waals surface area contributed by atoms with Crippen LogP contribution in [-0.2, 0) is 17.6 Å². The van der Waals surface area contributed by atoms with Crippen molar-refractivity contribution in [2.75, 3.05) is 18.9 Å². The van der Waals surface area contributed by atoms with Gasteiger partial charge in [-0.1, -0.05) is 13.3 Å². The first kappa shape index (κ1) is 11.9. The zero-order valence-corrected chi connectivity index (χ0v) is 9.49. The first-order chi connectivity index (χ1) is 7.26. The van der Waals surface area contributed by atoms with E-state index >= 15 is 0 Å². The second-order valence-electron chi connectivity index (χ2n) is 3.40. The van der Waals surface area contributed by atoms with Gasteiger partial charge < -0.3 is 10.5 Å². The second kappa shape index (κ2) is 6.35. The Morgan fingerprint density at radius 1 is 1.27 bits per heavy atom. The number of aromatic nitrogens is 2. The van der Waals surface area contributed by atoms with Crippen LogP contribution in [0, 0.1) is 0 Å². The molecule has 1 aromatic rings. The maximum absolute atomic E-state index is 5.70. The Morgan fingerprint density at radius 2 is 2.07 bits per heavy atom. The lowest BCUT2D eigenvalue weighted by atomic mass is 10.2. The smallest absolute Gasteiger partial charge is 0.133 e. The molecular formula is C11H19N3O. The molecule has 2 N–H and O–H groups in total. The molecule has 0 unspecified atom stereocenters. The first-order valence-electron chi connectivity index (χ1n) is 5.46. The largest absolute Gasteiger partial charge is 0.384 e. The van der Waals surface area contributed by atoms with Crippen molar-refractivity contribution in [1.29, 1.82) is 0 Å². The highest BCUT2D eigenvalue weighted by Gasteiger charge is 2.02. The van der Waals surface area contributed by atoms with Crippen LogP contribution >= 0.6 is 0 Å². The summed E-state index contributed by atoms with van der Waals surface area (Å²) in [5.41, 5.74) is 6.73. The van der Waals surface area contributed by atoms with Crippen LogP contribution in [0.1, 0.15) is 31.8 Å². The molecular weight excluding hydrogens is 190 g/mol. The third-order valence-electron chi connectivity index (χ3n) is 2.03. The van der Waals surface area contributed by atoms with E-state index in [2.05, 4.69) is 16.9 Å². The molecule has 4 heteroatoms. The van der Waals surface area contributed by atoms with Crippen molar-refractivity contribution in [3.8, 4) is 0 Å². The molecule has 1 aromatic heterocycles. The molecule has 84 valence electrons. The van der Waals surface area contributed by atoms with E-state index in [0.717, 1.165) is 37.4 Å². The second-order valence-corrected chi connectivity index (χ2v) is 3.40. The van der Waals surface area contributed by atoms with E-state index in [0.29, 0.717) is 12.4 Å². The highest BCUT2D eigenvalue weighted by molar-refractivity contribution is 5.29. The van der Waals surface area contributed by atoms with E-state index in [1.807, 2.05) is 13.0 Å². The Kier molecular flexibility index (Phi) is 5.04. The average molecular weight is 209 g/mol. The molecule has 0 aromatic carbocycles. The van der Waals surface area contributed by atoms with Crippen molar-refractivity contribution in [3.63, 3.8) is 0 Å². The molecule has 0 aliphatic rings. The number of ether oxygens (including phenoxy) is 1. The van der Waals surface area contributed by atoms with Gasteiger partial charge in [-0.25, -0.2) is 9.97 Å². The van der Waals surface area contributed by atoms with Crippen molar-refractivity contribution in [1.82, 2.24) is 9.97 Å². The minimum Gasteiger partial charge on any atom is -0.384 e. The van der Waals surface area contributed by atoms with Gasteiger partial charge in [-0.05, 0) is 13.3 Å². The molecule has 4 nitrogen and oxygen atoms in total. The third kappa shape index (κ3) is 4.25. The number of hydrogen-bond acceptors (Lipinski definition) is 4. The highest BCUT2D eigenvalue weighted by Crippen LogP contribution is 2.06. The van der Waals surface area contributed by atoms with Gasteiger partial charge in [0.2, 0.25) is 0 Å². The first-order valence-corrected chi connectivity index (χ1v) is 5.46. The summed E-state index contributed by atoms with van der Waals surface area (Å²) in [7, 11) is 0. The molecule has 0 saturated heterocycles. The van der Waals surface area contributed by atoms with Gasteiger partial charge in [-0.3, -0.25) is 0 Å². The molecule has 0 radical (unpaired) electrons. The predicted octanol–water partition coefficient (Wildman–Crippen LogP) is 1.59. The number of rotatable bonds is 6. The molecule has 0 spiro atoms. The van der Waals surface area contributed by atoms with Crippen LogP contribution in [0.15, 0.2) is 6.07 Å². The Bertz CT molecular complexity index is 302. The number of nitrogen functional groups attached to an aromatic ring is 1. The summed E-state index contributed by atoms with van der Waals surface area (Å²) in [5.74, 6) is 1.34. The minimum atomic E-state index is 0.556. The van der Waals surface area contributed by atoms with Gasteiger partial charge in [0.1, 0.15) is 11.6 Å². The lowest BCUT2D eigenvalue weighted by Crippen LogP contribution is -2.07. The fraction of sp³-hybridized carbons (Fsp3) is 0.636. The van der Waals surface area contributed by atoms with Gasteiger partial charge in [0.15, 0.2) is 0 Å². The van der Waals surface area contributed by atoms with Gasteiger partial charge in [0.25, 0.3) is 0 Å². The standard InChI is InChI=1S/C11H19N3O/c1-3-5-9-8-10(12)14-11(13-9)6-7-15-4-2/h8H,3-7H2,1-2H3,(H2,12,13,14). The van der Waals surface area contributed by atoms with Crippen molar-refractivity contribution in [3.05, 3.63) is 17.6 Å². The van der Waals surface area contributed by atoms with Crippen molar-refractivity contribution in [2.24, 2.45) is 0 Å². The molecule has 0 saturated carbocycles. The number of nitrogens with zero attached hydrogens (tertiary/aromatic N) is 2. The molecule has 0 amide bonds. The van der Waals surface area contributed by atoms with Crippen molar-refractivity contribution < 1.29 is 4.74 Å². The zero-order chi connectivity index (χ0) is 11.1. The Labute approximate surface area is 90.9 Å². The SMILES string of the molecule is CCCc1cc(N)nc(CCOCC)n1. The van der Waals surface area contributed by atoms with Crippen LogP contribution in [0.3, 0.4) is 0 Å². The van der Waals surface area contributed by atoms with E-state index < -0.39 is 0 Å². The predicted molar refractivity (Wildman–Crippen MR) is 60.6 cm³/mol. The van der Waals surface area contributed by atoms with E-state index in [1.54, 1.807) is 0 Å². The molecule has 1 rings (SSSR count). The summed E-state index contributed by atoms with van der Waals surface area (Å²) in [5, 5.41) is 0. The number of hydrogen-bond donors (Lipinski definition) is 1. The van der Waals surface area contributed by atoms with Crippen LogP contribution in [0.25, 0.3) is 0 Å². The Balaban J connectivity index is 2.62. The molecule has 0 aliphatic heterocycles. The zero-order valence-electron chi connectivity index (χ0n) is 9.49. The van der Waals surface area contributed by atoms with E-state index in [-0.39, 0.29) is 0 Å². The summed E-state index contributed by atoms with van der Waals surface area (Å²) < 4.78 is 5.26. The third-order valence-corrected chi connectivity index (χ3v) is 2.03. The molecule has 0 atom stereocenters. The van der Waals surface area contributed by atoms with Crippen molar-refractivity contribution >= 4 is 5.82 Å². The van der Waals surface area contributed by atoms with Crippen LogP contribution in [-0.4, -0.2) is 23.2 Å². The number of anilines is 1. The molecule has 15 heavy (non-hydrogen) atoms. The fourth-order valence-electron chi connectivity index (χ4n) is 1.38. The van der Waals surface area contributed by atoms with Gasteiger partial charge in [0.05, 0.1) is 6.61 Å². The fourth-order valence-corrected chi connectivity index (χ4v) is 1.38. The quantitative estimate of drug-likeness (QED) is 0.723. The van der Waals surface area contributed by atoms with Gasteiger partial charge in [-0.2, -0.15) is 0 Å². The highest BCUT2D eigenvalue weighted by atomic mass is 16.5. The number of nitrogens with two attached hydrogens (primary N) is 1. The maximum atomic E-state index is 5.70. The van der Waals surface area contributed by atoms with Gasteiger partial charge >= 0.3 is 0 Å². The summed E-state index contributed by atoms with van der Waals surface area (Å²) in [6, 6.07) is 1.84. The molecule has 1 heterocycles. The molecule has 0 aliphatic carbocycles. The topological polar surface area (TPSA) is 61.0 Å². The van der Waals surface area contributed by atoms with Crippen LogP contribution in [0.5, 0.6) is 0 Å². The van der Waals surface area contributed by atoms with E-state index in [1.165, 1.54) is 0 Å². The summed E-state index contributed by atoms with van der Waals surface area (Å²) in [6.45, 7) is 5.48. The summed E-state index contributed by atoms with van der Waals surface area (Å²) in [6.07, 6.45) is 2.76. The normalized spacial score (nSPS) is 10.5. The van der Waals surface area contributed by atoms with Gasteiger partial charge in [0, 0.05) is 24.8 Å². The average Bonchev–Trinajstić information content (AvgIpc) is 2.18. The van der Waals surface area contributed by atoms with Crippen LogP contribution in [0.4, 0.5) is 5.82 Å². The minimum absolute atomic E-state index is 0.556. The summed E-state index contributed by atoms with van der Waals surface area (Å²) >= 11 is 0. The van der Waals surface area contributed by atoms with Crippen molar-refractivity contribution in [2.45, 2.75) is 33.1 Å². The van der Waals surface area contributed by atoms with E-state index in [4.69, 9.17) is 10.5 Å². The van der Waals surface area contributed by atoms with Crippen LogP contribution < -0.4 is 5.73 Å². The van der Waals surface area contributed by atoms with Crippen LogP contribution in [0.2, 0.25) is 0 Å². The lowest BCUT2D eigenvalue weighted by Gasteiger charge is -2.05. The lowest BCUT2D eigenvalue weighted by molar-refractivity contribution is 0.149. The number of aryl methyl sites for hydroxylation is 1. The molecule has 0 bridgehead atoms. The Morgan fingerprint density at radius 3 is 2.73 bits per heavy atom. The van der Waals surface area contributed by atoms with E-state index in [9.17, 15) is 0 Å². The maximum Gasteiger partial charge on any atom is 0.133 e.